The van der Waals surface area contributed by atoms with E-state index in [1.807, 2.05) is 6.07 Å². The fraction of sp³-hybridized carbons (Fsp3) is 0.360. The Labute approximate surface area is 220 Å². The molecule has 0 spiro atoms. The number of anilines is 4. The van der Waals surface area contributed by atoms with Crippen LogP contribution in [-0.4, -0.2) is 70.2 Å². The summed E-state index contributed by atoms with van der Waals surface area (Å²) in [6.45, 7) is 8.26. The zero-order chi connectivity index (χ0) is 25.7. The van der Waals surface area contributed by atoms with Crippen LogP contribution in [0.4, 0.5) is 23.3 Å². The first-order valence-corrected chi connectivity index (χ1v) is 12.5. The SMILES string of the molecule is CC(C)c1cc(Nc2cc(NC(=O)c3c(Cl)cccc3Cl)ccn2)nc(N2CCN(CCO)CC2)n1. The molecule has 1 aliphatic rings. The topological polar surface area (TPSA) is 107 Å². The van der Waals surface area contributed by atoms with Crippen molar-refractivity contribution in [2.45, 2.75) is 19.8 Å². The average molecular weight is 530 g/mol. The molecular formula is C25H29Cl2N7O2. The lowest BCUT2D eigenvalue weighted by molar-refractivity contribution is 0.102. The molecule has 1 saturated heterocycles. The standard InChI is InChI=1S/C25H29Cl2N7O2/c1-16(2)20-15-22(32-25(30-20)34-10-8-33(9-11-34)12-13-35)31-21-14-17(6-7-28-21)29-24(36)23-18(26)4-3-5-19(23)27/h3-7,14-16,35H,8-13H2,1-2H3,(H2,28,29,30,31,32,36). The Morgan fingerprint density at radius 3 is 2.44 bits per heavy atom. The average Bonchev–Trinajstić information content (AvgIpc) is 2.84. The summed E-state index contributed by atoms with van der Waals surface area (Å²) in [7, 11) is 0. The third kappa shape index (κ3) is 6.41. The van der Waals surface area contributed by atoms with E-state index < -0.39 is 5.91 Å². The Morgan fingerprint density at radius 2 is 1.78 bits per heavy atom. The highest BCUT2D eigenvalue weighted by atomic mass is 35.5. The van der Waals surface area contributed by atoms with Gasteiger partial charge in [-0.3, -0.25) is 9.69 Å². The molecule has 0 atom stereocenters. The predicted molar refractivity (Wildman–Crippen MR) is 144 cm³/mol. The van der Waals surface area contributed by atoms with Crippen molar-refractivity contribution >= 4 is 52.4 Å². The summed E-state index contributed by atoms with van der Waals surface area (Å²) in [6.07, 6.45) is 1.60. The molecule has 0 aliphatic carbocycles. The number of nitrogens with one attached hydrogen (secondary N) is 2. The zero-order valence-electron chi connectivity index (χ0n) is 20.2. The quantitative estimate of drug-likeness (QED) is 0.393. The Bertz CT molecular complexity index is 1200. The summed E-state index contributed by atoms with van der Waals surface area (Å²) in [6, 6.07) is 10.2. The van der Waals surface area contributed by atoms with Crippen LogP contribution >= 0.6 is 23.2 Å². The third-order valence-electron chi connectivity index (χ3n) is 5.86. The van der Waals surface area contributed by atoms with Crippen LogP contribution in [-0.2, 0) is 0 Å². The zero-order valence-corrected chi connectivity index (χ0v) is 21.7. The Hall–Kier alpha value is -2.98. The van der Waals surface area contributed by atoms with E-state index in [9.17, 15) is 9.90 Å². The number of halogens is 2. The first-order valence-electron chi connectivity index (χ1n) is 11.8. The lowest BCUT2D eigenvalue weighted by Gasteiger charge is -2.34. The van der Waals surface area contributed by atoms with Crippen molar-refractivity contribution in [2.75, 3.05) is 54.9 Å². The number of aliphatic hydroxyl groups excluding tert-OH is 1. The van der Waals surface area contributed by atoms with Crippen LogP contribution in [0, 0.1) is 0 Å². The number of hydrogen-bond acceptors (Lipinski definition) is 8. The summed E-state index contributed by atoms with van der Waals surface area (Å²) in [5, 5.41) is 15.8. The van der Waals surface area contributed by atoms with Crippen molar-refractivity contribution in [1.82, 2.24) is 19.9 Å². The molecule has 0 bridgehead atoms. The van der Waals surface area contributed by atoms with Gasteiger partial charge >= 0.3 is 0 Å². The summed E-state index contributed by atoms with van der Waals surface area (Å²) in [5.74, 6) is 1.60. The van der Waals surface area contributed by atoms with Crippen molar-refractivity contribution in [3.05, 3.63) is 63.9 Å². The van der Waals surface area contributed by atoms with Gasteiger partial charge < -0.3 is 20.6 Å². The van der Waals surface area contributed by atoms with Crippen LogP contribution in [0.1, 0.15) is 35.8 Å². The summed E-state index contributed by atoms with van der Waals surface area (Å²) < 4.78 is 0. The lowest BCUT2D eigenvalue weighted by atomic mass is 10.1. The molecule has 4 rings (SSSR count). The fourth-order valence-corrected chi connectivity index (χ4v) is 4.45. The molecule has 1 aliphatic heterocycles. The Balaban J connectivity index is 1.52. The van der Waals surface area contributed by atoms with Gasteiger partial charge in [0.2, 0.25) is 5.95 Å². The molecule has 36 heavy (non-hydrogen) atoms. The highest BCUT2D eigenvalue weighted by Crippen LogP contribution is 2.27. The van der Waals surface area contributed by atoms with E-state index in [0.29, 0.717) is 29.8 Å². The highest BCUT2D eigenvalue weighted by Gasteiger charge is 2.20. The minimum atomic E-state index is -0.408. The van der Waals surface area contributed by atoms with Gasteiger partial charge in [0.25, 0.3) is 5.91 Å². The van der Waals surface area contributed by atoms with Gasteiger partial charge in [0.15, 0.2) is 0 Å². The lowest BCUT2D eigenvalue weighted by Crippen LogP contribution is -2.47. The molecular weight excluding hydrogens is 501 g/mol. The maximum absolute atomic E-state index is 12.8. The Kier molecular flexibility index (Phi) is 8.58. The van der Waals surface area contributed by atoms with Crippen LogP contribution < -0.4 is 15.5 Å². The highest BCUT2D eigenvalue weighted by molar-refractivity contribution is 6.40. The smallest absolute Gasteiger partial charge is 0.258 e. The molecule has 1 amide bonds. The number of aliphatic hydroxyl groups is 1. The fourth-order valence-electron chi connectivity index (χ4n) is 3.88. The van der Waals surface area contributed by atoms with Gasteiger partial charge in [-0.15, -0.1) is 0 Å². The Morgan fingerprint density at radius 1 is 1.06 bits per heavy atom. The molecule has 0 saturated carbocycles. The molecule has 3 heterocycles. The van der Waals surface area contributed by atoms with Gasteiger partial charge in [-0.25, -0.2) is 9.97 Å². The van der Waals surface area contributed by atoms with E-state index in [1.165, 1.54) is 0 Å². The summed E-state index contributed by atoms with van der Waals surface area (Å²) in [4.78, 5) is 31.0. The van der Waals surface area contributed by atoms with Gasteiger partial charge in [0.05, 0.1) is 27.9 Å². The normalized spacial score (nSPS) is 14.2. The number of carbonyl (C=O) groups excluding carboxylic acids is 1. The number of hydrogen-bond donors (Lipinski definition) is 3. The van der Waals surface area contributed by atoms with Crippen molar-refractivity contribution < 1.29 is 9.90 Å². The number of carbonyl (C=O) groups is 1. The molecule has 9 nitrogen and oxygen atoms in total. The van der Waals surface area contributed by atoms with E-state index in [2.05, 4.69) is 39.3 Å². The number of aromatic nitrogens is 3. The largest absolute Gasteiger partial charge is 0.395 e. The van der Waals surface area contributed by atoms with E-state index >= 15 is 0 Å². The number of benzene rings is 1. The molecule has 0 radical (unpaired) electrons. The predicted octanol–water partition coefficient (Wildman–Crippen LogP) is 4.41. The van der Waals surface area contributed by atoms with Gasteiger partial charge in [0, 0.05) is 56.7 Å². The first kappa shape index (κ1) is 26.1. The molecule has 1 fully saturated rings. The number of β-amino-alcohol motifs (C(OH)–C–C–N with tert-alkyl or cyclic N) is 1. The number of pyridine rings is 1. The molecule has 2 aromatic heterocycles. The monoisotopic (exact) mass is 529 g/mol. The number of rotatable bonds is 8. The van der Waals surface area contributed by atoms with Gasteiger partial charge in [-0.05, 0) is 24.1 Å². The number of amides is 1. The van der Waals surface area contributed by atoms with E-state index in [1.54, 1.807) is 36.5 Å². The second-order valence-electron chi connectivity index (χ2n) is 8.79. The second-order valence-corrected chi connectivity index (χ2v) is 9.60. The molecule has 11 heteroatoms. The van der Waals surface area contributed by atoms with Crippen molar-refractivity contribution in [3.8, 4) is 0 Å². The van der Waals surface area contributed by atoms with Crippen LogP contribution in [0.15, 0.2) is 42.6 Å². The molecule has 3 aromatic rings. The van der Waals surface area contributed by atoms with Crippen LogP contribution in [0.5, 0.6) is 0 Å². The minimum Gasteiger partial charge on any atom is -0.395 e. The van der Waals surface area contributed by atoms with E-state index in [4.69, 9.17) is 33.2 Å². The number of piperazine rings is 1. The molecule has 3 N–H and O–H groups in total. The molecule has 0 unspecified atom stereocenters. The van der Waals surface area contributed by atoms with Crippen molar-refractivity contribution in [2.24, 2.45) is 0 Å². The van der Waals surface area contributed by atoms with Gasteiger partial charge in [-0.1, -0.05) is 43.1 Å². The van der Waals surface area contributed by atoms with E-state index in [-0.39, 0.29) is 28.1 Å². The van der Waals surface area contributed by atoms with E-state index in [0.717, 1.165) is 31.9 Å². The van der Waals surface area contributed by atoms with Crippen molar-refractivity contribution in [3.63, 3.8) is 0 Å². The molecule has 1 aromatic carbocycles. The second kappa shape index (κ2) is 11.8. The maximum atomic E-state index is 12.8. The third-order valence-corrected chi connectivity index (χ3v) is 6.49. The van der Waals surface area contributed by atoms with Gasteiger partial charge in [-0.2, -0.15) is 4.98 Å². The first-order chi connectivity index (χ1) is 17.3. The number of nitrogens with zero attached hydrogens (tertiary/aromatic N) is 5. The molecule has 190 valence electrons. The maximum Gasteiger partial charge on any atom is 0.258 e. The van der Waals surface area contributed by atoms with Crippen LogP contribution in [0.25, 0.3) is 0 Å². The van der Waals surface area contributed by atoms with Crippen LogP contribution in [0.2, 0.25) is 10.0 Å². The minimum absolute atomic E-state index is 0.158. The summed E-state index contributed by atoms with van der Waals surface area (Å²) >= 11 is 12.3. The van der Waals surface area contributed by atoms with Crippen LogP contribution in [0.3, 0.4) is 0 Å². The van der Waals surface area contributed by atoms with Gasteiger partial charge in [0.1, 0.15) is 11.6 Å². The summed E-state index contributed by atoms with van der Waals surface area (Å²) in [5.41, 5.74) is 1.67. The van der Waals surface area contributed by atoms with Crippen molar-refractivity contribution in [1.29, 1.82) is 0 Å².